The van der Waals surface area contributed by atoms with Gasteiger partial charge in [0.25, 0.3) is 0 Å². The molecule has 0 amide bonds. The minimum absolute atomic E-state index is 0.0454. The van der Waals surface area contributed by atoms with E-state index in [0.717, 1.165) is 12.8 Å². The Morgan fingerprint density at radius 1 is 1.42 bits per heavy atom. The van der Waals surface area contributed by atoms with Crippen molar-refractivity contribution < 1.29 is 24.3 Å². The molecule has 0 spiro atoms. The highest BCUT2D eigenvalue weighted by molar-refractivity contribution is 5.59. The highest BCUT2D eigenvalue weighted by atomic mass is 17.5. The van der Waals surface area contributed by atoms with Crippen LogP contribution in [0.15, 0.2) is 12.7 Å². The zero-order valence-electron chi connectivity index (χ0n) is 12.0. The molecule has 3 atom stereocenters. The number of ether oxygens (including phenoxy) is 1. The first-order valence-corrected chi connectivity index (χ1v) is 6.82. The van der Waals surface area contributed by atoms with Crippen LogP contribution >= 0.6 is 0 Å². The van der Waals surface area contributed by atoms with E-state index < -0.39 is 6.16 Å². The van der Waals surface area contributed by atoms with Gasteiger partial charge in [-0.3, -0.25) is 0 Å². The molecule has 19 heavy (non-hydrogen) atoms. The summed E-state index contributed by atoms with van der Waals surface area (Å²) < 4.78 is 4.59. The van der Waals surface area contributed by atoms with Gasteiger partial charge in [0.1, 0.15) is 12.7 Å². The fourth-order valence-corrected chi connectivity index (χ4v) is 2.47. The third kappa shape index (κ3) is 5.61. The van der Waals surface area contributed by atoms with E-state index in [1.54, 1.807) is 0 Å². The van der Waals surface area contributed by atoms with Gasteiger partial charge in [-0.2, -0.15) is 4.89 Å². The lowest BCUT2D eigenvalue weighted by Gasteiger charge is -2.35. The number of hydrogen-bond donors (Lipinski definition) is 0. The standard InChI is InChI=1S/C14H24O5/c1-5-8-16-14(15)18-19-17-13-9-11(4)6-7-12(13)10(2)3/h5,10-13H,1,6-9H2,2-4H3. The van der Waals surface area contributed by atoms with Crippen molar-refractivity contribution in [2.45, 2.75) is 46.1 Å². The second-order valence-corrected chi connectivity index (χ2v) is 5.46. The quantitative estimate of drug-likeness (QED) is 0.320. The Hall–Kier alpha value is -1.07. The van der Waals surface area contributed by atoms with Crippen molar-refractivity contribution in [3.8, 4) is 0 Å². The lowest BCUT2D eigenvalue weighted by molar-refractivity contribution is -0.508. The summed E-state index contributed by atoms with van der Waals surface area (Å²) in [4.78, 5) is 20.6. The second kappa shape index (κ2) is 8.17. The maximum Gasteiger partial charge on any atom is 0.542 e. The molecule has 0 heterocycles. The number of rotatable bonds is 6. The van der Waals surface area contributed by atoms with Gasteiger partial charge in [-0.05, 0) is 35.6 Å². The summed E-state index contributed by atoms with van der Waals surface area (Å²) in [6.45, 7) is 10.0. The largest absolute Gasteiger partial charge is 0.542 e. The van der Waals surface area contributed by atoms with E-state index in [9.17, 15) is 4.79 Å². The molecular weight excluding hydrogens is 248 g/mol. The van der Waals surface area contributed by atoms with Crippen molar-refractivity contribution in [1.29, 1.82) is 0 Å². The van der Waals surface area contributed by atoms with Gasteiger partial charge >= 0.3 is 6.16 Å². The predicted molar refractivity (Wildman–Crippen MR) is 69.9 cm³/mol. The summed E-state index contributed by atoms with van der Waals surface area (Å²) in [7, 11) is 0. The van der Waals surface area contributed by atoms with Crippen LogP contribution in [0, 0.1) is 17.8 Å². The Bertz CT molecular complexity index is 290. The average Bonchev–Trinajstić information content (AvgIpc) is 2.36. The molecule has 1 saturated carbocycles. The van der Waals surface area contributed by atoms with Crippen molar-refractivity contribution >= 4 is 6.16 Å². The second-order valence-electron chi connectivity index (χ2n) is 5.46. The van der Waals surface area contributed by atoms with Gasteiger partial charge < -0.3 is 4.74 Å². The Balaban J connectivity index is 2.32. The third-order valence-corrected chi connectivity index (χ3v) is 3.55. The Kier molecular flexibility index (Phi) is 6.87. The molecule has 1 aliphatic carbocycles. The average molecular weight is 272 g/mol. The Morgan fingerprint density at radius 3 is 2.79 bits per heavy atom. The third-order valence-electron chi connectivity index (χ3n) is 3.55. The smallest absolute Gasteiger partial charge is 0.428 e. The van der Waals surface area contributed by atoms with Crippen molar-refractivity contribution in [3.05, 3.63) is 12.7 Å². The lowest BCUT2D eigenvalue weighted by atomic mass is 9.75. The normalized spacial score (nSPS) is 27.1. The molecule has 5 heteroatoms. The monoisotopic (exact) mass is 272 g/mol. The Morgan fingerprint density at radius 2 is 2.16 bits per heavy atom. The molecule has 0 radical (unpaired) electrons. The van der Waals surface area contributed by atoms with Crippen LogP contribution in [0.25, 0.3) is 0 Å². The van der Waals surface area contributed by atoms with Gasteiger partial charge in [-0.25, -0.2) is 9.68 Å². The van der Waals surface area contributed by atoms with Gasteiger partial charge in [0.05, 0.1) is 0 Å². The lowest BCUT2D eigenvalue weighted by Crippen LogP contribution is -2.34. The van der Waals surface area contributed by atoms with Crippen LogP contribution in [0.4, 0.5) is 4.79 Å². The van der Waals surface area contributed by atoms with Gasteiger partial charge in [0, 0.05) is 0 Å². The molecule has 0 aromatic rings. The van der Waals surface area contributed by atoms with Gasteiger partial charge in [0.2, 0.25) is 0 Å². The summed E-state index contributed by atoms with van der Waals surface area (Å²) in [6.07, 6.45) is 3.69. The van der Waals surface area contributed by atoms with Crippen LogP contribution < -0.4 is 0 Å². The number of carbonyl (C=O) groups is 1. The van der Waals surface area contributed by atoms with Crippen LogP contribution in [0.2, 0.25) is 0 Å². The molecule has 1 aliphatic rings. The molecular formula is C14H24O5. The van der Waals surface area contributed by atoms with E-state index in [0.29, 0.717) is 17.8 Å². The first-order chi connectivity index (χ1) is 9.04. The molecule has 0 aromatic carbocycles. The van der Waals surface area contributed by atoms with Crippen molar-refractivity contribution in [1.82, 2.24) is 0 Å². The highest BCUT2D eigenvalue weighted by Crippen LogP contribution is 2.35. The van der Waals surface area contributed by atoms with Crippen LogP contribution in [-0.2, 0) is 19.6 Å². The van der Waals surface area contributed by atoms with E-state index >= 15 is 0 Å². The van der Waals surface area contributed by atoms with Crippen LogP contribution in [-0.4, -0.2) is 18.9 Å². The van der Waals surface area contributed by atoms with E-state index in [-0.39, 0.29) is 12.7 Å². The number of hydrogen-bond acceptors (Lipinski definition) is 5. The first kappa shape index (κ1) is 16.0. The molecule has 1 rings (SSSR count). The summed E-state index contributed by atoms with van der Waals surface area (Å²) in [5.74, 6) is 1.52. The maximum atomic E-state index is 11.0. The van der Waals surface area contributed by atoms with E-state index in [2.05, 4.69) is 42.0 Å². The minimum atomic E-state index is -0.926. The fraction of sp³-hybridized carbons (Fsp3) is 0.786. The van der Waals surface area contributed by atoms with Gasteiger partial charge in [-0.15, -0.1) is 0 Å². The molecule has 0 aliphatic heterocycles. The predicted octanol–water partition coefficient (Wildman–Crippen LogP) is 3.65. The minimum Gasteiger partial charge on any atom is -0.428 e. The summed E-state index contributed by atoms with van der Waals surface area (Å²) >= 11 is 0. The Labute approximate surface area is 114 Å². The van der Waals surface area contributed by atoms with Gasteiger partial charge in [0.15, 0.2) is 0 Å². The van der Waals surface area contributed by atoms with E-state index in [4.69, 9.17) is 4.89 Å². The van der Waals surface area contributed by atoms with Crippen LogP contribution in [0.1, 0.15) is 40.0 Å². The summed E-state index contributed by atoms with van der Waals surface area (Å²) in [5, 5.41) is 4.55. The van der Waals surface area contributed by atoms with Crippen LogP contribution in [0.3, 0.4) is 0 Å². The fourth-order valence-electron chi connectivity index (χ4n) is 2.47. The number of carbonyl (C=O) groups excluding carboxylic acids is 1. The SMILES string of the molecule is C=CCOC(=O)OOOC1CC(C)CCC1C(C)C. The zero-order valence-corrected chi connectivity index (χ0v) is 12.0. The highest BCUT2D eigenvalue weighted by Gasteiger charge is 2.32. The van der Waals surface area contributed by atoms with E-state index in [1.165, 1.54) is 12.5 Å². The zero-order chi connectivity index (χ0) is 14.3. The molecule has 0 N–H and O–H groups in total. The summed E-state index contributed by atoms with van der Waals surface area (Å²) in [6, 6.07) is 0. The maximum absolute atomic E-state index is 11.0. The van der Waals surface area contributed by atoms with Crippen LogP contribution in [0.5, 0.6) is 0 Å². The van der Waals surface area contributed by atoms with Crippen molar-refractivity contribution in [3.63, 3.8) is 0 Å². The van der Waals surface area contributed by atoms with Crippen molar-refractivity contribution in [2.75, 3.05) is 6.61 Å². The van der Waals surface area contributed by atoms with E-state index in [1.807, 2.05) is 0 Å². The molecule has 3 unspecified atom stereocenters. The molecule has 0 bridgehead atoms. The summed E-state index contributed by atoms with van der Waals surface area (Å²) in [5.41, 5.74) is 0. The molecule has 1 fully saturated rings. The topological polar surface area (TPSA) is 54.0 Å². The first-order valence-electron chi connectivity index (χ1n) is 6.82. The van der Waals surface area contributed by atoms with Gasteiger partial charge in [-0.1, -0.05) is 39.8 Å². The molecule has 5 nitrogen and oxygen atoms in total. The molecule has 0 aromatic heterocycles. The van der Waals surface area contributed by atoms with Crippen molar-refractivity contribution in [2.24, 2.45) is 17.8 Å². The molecule has 0 saturated heterocycles. The molecule has 110 valence electrons.